The van der Waals surface area contributed by atoms with E-state index in [0.29, 0.717) is 23.2 Å². The maximum atomic E-state index is 6.69. The molecule has 0 aromatic heterocycles. The summed E-state index contributed by atoms with van der Waals surface area (Å²) < 4.78 is 34.7. The Kier molecular flexibility index (Phi) is 4.66. The molecule has 6 nitrogen and oxygen atoms in total. The van der Waals surface area contributed by atoms with Crippen LogP contribution in [0.25, 0.3) is 0 Å². The Morgan fingerprint density at radius 3 is 2.10 bits per heavy atom. The molecule has 0 radical (unpaired) electrons. The monoisotopic (exact) mass is 398 g/mol. The summed E-state index contributed by atoms with van der Waals surface area (Å²) in [6, 6.07) is 8.19. The Bertz CT molecular complexity index is 899. The molecule has 2 aliphatic heterocycles. The first-order chi connectivity index (χ1) is 14.2. The first kappa shape index (κ1) is 18.4. The summed E-state index contributed by atoms with van der Waals surface area (Å²) in [5, 5.41) is 0. The van der Waals surface area contributed by atoms with E-state index >= 15 is 0 Å². The van der Waals surface area contributed by atoms with Crippen LogP contribution in [0.3, 0.4) is 0 Å². The number of rotatable bonds is 4. The van der Waals surface area contributed by atoms with Crippen molar-refractivity contribution in [3.63, 3.8) is 0 Å². The SMILES string of the molecule is COc1cc(C2OC3CCCCC3c3cc4c(cc32)OCO4)cc(OC)c1OC. The Morgan fingerprint density at radius 1 is 0.793 bits per heavy atom. The quantitative estimate of drug-likeness (QED) is 0.751. The molecule has 154 valence electrons. The summed E-state index contributed by atoms with van der Waals surface area (Å²) in [4.78, 5) is 0. The lowest BCUT2D eigenvalue weighted by Gasteiger charge is -2.41. The Hall–Kier alpha value is -2.60. The van der Waals surface area contributed by atoms with Crippen LogP contribution < -0.4 is 23.7 Å². The third-order valence-corrected chi connectivity index (χ3v) is 6.26. The number of ether oxygens (including phenoxy) is 6. The van der Waals surface area contributed by atoms with Gasteiger partial charge in [0.2, 0.25) is 12.5 Å². The van der Waals surface area contributed by atoms with E-state index in [4.69, 9.17) is 28.4 Å². The van der Waals surface area contributed by atoms with Gasteiger partial charge in [-0.2, -0.15) is 0 Å². The van der Waals surface area contributed by atoms with Crippen LogP contribution in [-0.2, 0) is 4.74 Å². The lowest BCUT2D eigenvalue weighted by atomic mass is 9.76. The predicted octanol–water partition coefficient (Wildman–Crippen LogP) is 4.59. The lowest BCUT2D eigenvalue weighted by molar-refractivity contribution is -0.0391. The van der Waals surface area contributed by atoms with Crippen LogP contribution in [0.5, 0.6) is 28.7 Å². The number of hydrogen-bond acceptors (Lipinski definition) is 6. The molecule has 0 saturated heterocycles. The molecule has 5 rings (SSSR count). The number of fused-ring (bicyclic) bond motifs is 4. The molecule has 2 aromatic carbocycles. The molecule has 0 bridgehead atoms. The van der Waals surface area contributed by atoms with E-state index in [0.717, 1.165) is 35.5 Å². The van der Waals surface area contributed by atoms with E-state index < -0.39 is 0 Å². The third kappa shape index (κ3) is 2.97. The minimum absolute atomic E-state index is 0.195. The van der Waals surface area contributed by atoms with Gasteiger partial charge in [-0.05, 0) is 53.8 Å². The van der Waals surface area contributed by atoms with Crippen molar-refractivity contribution >= 4 is 0 Å². The average molecular weight is 398 g/mol. The van der Waals surface area contributed by atoms with Crippen molar-refractivity contribution in [2.24, 2.45) is 0 Å². The summed E-state index contributed by atoms with van der Waals surface area (Å²) in [5.41, 5.74) is 3.42. The second-order valence-electron chi connectivity index (χ2n) is 7.74. The summed E-state index contributed by atoms with van der Waals surface area (Å²) in [6.45, 7) is 0.266. The van der Waals surface area contributed by atoms with Crippen molar-refractivity contribution in [3.8, 4) is 28.7 Å². The molecule has 3 atom stereocenters. The Morgan fingerprint density at radius 2 is 1.45 bits per heavy atom. The van der Waals surface area contributed by atoms with E-state index in [1.54, 1.807) is 21.3 Å². The maximum absolute atomic E-state index is 6.69. The van der Waals surface area contributed by atoms with Crippen molar-refractivity contribution in [1.29, 1.82) is 0 Å². The molecule has 6 heteroatoms. The predicted molar refractivity (Wildman–Crippen MR) is 107 cm³/mol. The molecular formula is C23H26O6. The van der Waals surface area contributed by atoms with E-state index in [9.17, 15) is 0 Å². The zero-order valence-electron chi connectivity index (χ0n) is 17.0. The van der Waals surface area contributed by atoms with Crippen molar-refractivity contribution in [1.82, 2.24) is 0 Å². The summed E-state index contributed by atoms with van der Waals surface area (Å²) in [6.07, 6.45) is 4.60. The highest BCUT2D eigenvalue weighted by Gasteiger charge is 2.39. The fourth-order valence-electron chi connectivity index (χ4n) is 4.90. The van der Waals surface area contributed by atoms with Crippen molar-refractivity contribution in [2.75, 3.05) is 28.1 Å². The molecule has 1 saturated carbocycles. The minimum atomic E-state index is -0.229. The Labute approximate surface area is 170 Å². The van der Waals surface area contributed by atoms with Crippen LogP contribution in [0.1, 0.15) is 54.4 Å². The highest BCUT2D eigenvalue weighted by molar-refractivity contribution is 5.58. The smallest absolute Gasteiger partial charge is 0.231 e. The molecule has 1 fully saturated rings. The minimum Gasteiger partial charge on any atom is -0.493 e. The van der Waals surface area contributed by atoms with Gasteiger partial charge in [-0.15, -0.1) is 0 Å². The van der Waals surface area contributed by atoms with Gasteiger partial charge in [0.15, 0.2) is 23.0 Å². The first-order valence-corrected chi connectivity index (χ1v) is 10.1. The van der Waals surface area contributed by atoms with Gasteiger partial charge < -0.3 is 28.4 Å². The largest absolute Gasteiger partial charge is 0.493 e. The number of hydrogen-bond donors (Lipinski definition) is 0. The maximum Gasteiger partial charge on any atom is 0.231 e. The standard InChI is InChI=1S/C23H26O6/c1-24-20-8-13(9-21(25-2)23(20)26-3)22-16-11-19-18(27-12-28-19)10-15(16)14-6-4-5-7-17(14)29-22/h8-11,14,17,22H,4-7,12H2,1-3H3. The molecular weight excluding hydrogens is 372 g/mol. The molecule has 2 heterocycles. The van der Waals surface area contributed by atoms with Crippen LogP contribution in [0.4, 0.5) is 0 Å². The molecule has 1 aliphatic carbocycles. The van der Waals surface area contributed by atoms with Gasteiger partial charge in [-0.1, -0.05) is 12.8 Å². The topological polar surface area (TPSA) is 55.4 Å². The van der Waals surface area contributed by atoms with Crippen molar-refractivity contribution in [3.05, 3.63) is 41.0 Å². The number of methoxy groups -OCH3 is 3. The van der Waals surface area contributed by atoms with Gasteiger partial charge in [0.05, 0.1) is 27.4 Å². The van der Waals surface area contributed by atoms with E-state index in [-0.39, 0.29) is 19.0 Å². The molecule has 3 aliphatic rings. The zero-order chi connectivity index (χ0) is 20.0. The summed E-state index contributed by atoms with van der Waals surface area (Å²) in [5.74, 6) is 3.83. The van der Waals surface area contributed by atoms with Crippen LogP contribution >= 0.6 is 0 Å². The molecule has 3 unspecified atom stereocenters. The summed E-state index contributed by atoms with van der Waals surface area (Å²) in [7, 11) is 4.87. The van der Waals surface area contributed by atoms with E-state index in [1.807, 2.05) is 12.1 Å². The fraction of sp³-hybridized carbons (Fsp3) is 0.478. The second-order valence-corrected chi connectivity index (χ2v) is 7.74. The molecule has 2 aromatic rings. The Balaban J connectivity index is 1.66. The second kappa shape index (κ2) is 7.34. The van der Waals surface area contributed by atoms with Gasteiger partial charge >= 0.3 is 0 Å². The van der Waals surface area contributed by atoms with Crippen molar-refractivity contribution < 1.29 is 28.4 Å². The molecule has 0 spiro atoms. The normalized spacial score (nSPS) is 24.4. The van der Waals surface area contributed by atoms with Crippen molar-refractivity contribution in [2.45, 2.75) is 43.8 Å². The lowest BCUT2D eigenvalue weighted by Crippen LogP contribution is -2.33. The van der Waals surface area contributed by atoms with Crippen LogP contribution in [0.2, 0.25) is 0 Å². The van der Waals surface area contributed by atoms with Gasteiger partial charge in [-0.25, -0.2) is 0 Å². The molecule has 29 heavy (non-hydrogen) atoms. The first-order valence-electron chi connectivity index (χ1n) is 10.1. The highest BCUT2D eigenvalue weighted by Crippen LogP contribution is 2.52. The van der Waals surface area contributed by atoms with E-state index in [2.05, 4.69) is 12.1 Å². The average Bonchev–Trinajstić information content (AvgIpc) is 3.23. The van der Waals surface area contributed by atoms with Crippen LogP contribution in [0, 0.1) is 0 Å². The van der Waals surface area contributed by atoms with Gasteiger partial charge in [0, 0.05) is 5.92 Å². The number of benzene rings is 2. The van der Waals surface area contributed by atoms with E-state index in [1.165, 1.54) is 18.4 Å². The summed E-state index contributed by atoms with van der Waals surface area (Å²) >= 11 is 0. The van der Waals surface area contributed by atoms with Crippen LogP contribution in [-0.4, -0.2) is 34.2 Å². The zero-order valence-corrected chi connectivity index (χ0v) is 17.0. The molecule has 0 N–H and O–H groups in total. The van der Waals surface area contributed by atoms with Gasteiger partial charge in [0.25, 0.3) is 0 Å². The molecule has 0 amide bonds. The van der Waals surface area contributed by atoms with Crippen LogP contribution in [0.15, 0.2) is 24.3 Å². The van der Waals surface area contributed by atoms with Gasteiger partial charge in [0.1, 0.15) is 6.10 Å². The highest BCUT2D eigenvalue weighted by atomic mass is 16.7. The van der Waals surface area contributed by atoms with Gasteiger partial charge in [-0.3, -0.25) is 0 Å². The third-order valence-electron chi connectivity index (χ3n) is 6.26. The fourth-order valence-corrected chi connectivity index (χ4v) is 4.90.